The molecule has 2 rings (SSSR count). The summed E-state index contributed by atoms with van der Waals surface area (Å²) in [6.07, 6.45) is 8.35. The molecule has 1 unspecified atom stereocenters. The van der Waals surface area contributed by atoms with Crippen molar-refractivity contribution in [2.75, 3.05) is 0 Å². The number of aromatic nitrogens is 1. The van der Waals surface area contributed by atoms with Gasteiger partial charge < -0.3 is 5.32 Å². The molecule has 1 aliphatic carbocycles. The van der Waals surface area contributed by atoms with Crippen LogP contribution in [0.5, 0.6) is 0 Å². The molecule has 1 saturated carbocycles. The highest BCUT2D eigenvalue weighted by Crippen LogP contribution is 2.36. The number of nitrogens with zero attached hydrogens (tertiary/aromatic N) is 1. The lowest BCUT2D eigenvalue weighted by molar-refractivity contribution is 0.307. The summed E-state index contributed by atoms with van der Waals surface area (Å²) >= 11 is 1.89. The van der Waals surface area contributed by atoms with Crippen molar-refractivity contribution >= 4 is 11.3 Å². The molecule has 2 nitrogen and oxygen atoms in total. The Bertz CT molecular complexity index is 370. The fourth-order valence-corrected chi connectivity index (χ4v) is 4.12. The molecule has 0 aliphatic heterocycles. The van der Waals surface area contributed by atoms with Gasteiger partial charge in [-0.1, -0.05) is 39.5 Å². The minimum atomic E-state index is 0.468. The Morgan fingerprint density at radius 1 is 1.11 bits per heavy atom. The summed E-state index contributed by atoms with van der Waals surface area (Å²) in [6.45, 7) is 8.82. The van der Waals surface area contributed by atoms with E-state index in [9.17, 15) is 0 Å². The quantitative estimate of drug-likeness (QED) is 0.804. The maximum Gasteiger partial charge on any atom is 0.110 e. The van der Waals surface area contributed by atoms with Crippen LogP contribution in [-0.4, -0.2) is 11.0 Å². The highest BCUT2D eigenvalue weighted by molar-refractivity contribution is 7.11. The summed E-state index contributed by atoms with van der Waals surface area (Å²) in [5.74, 6) is 0.773. The third kappa shape index (κ3) is 4.03. The fourth-order valence-electron chi connectivity index (χ4n) is 3.04. The first-order chi connectivity index (χ1) is 9.08. The van der Waals surface area contributed by atoms with Gasteiger partial charge in [0.15, 0.2) is 0 Å². The molecule has 1 aliphatic rings. The SMILES string of the molecule is Cc1nc(C(NC(C)C)C2CCCCCC2)sc1C. The van der Waals surface area contributed by atoms with Crippen LogP contribution in [0, 0.1) is 19.8 Å². The molecule has 1 N–H and O–H groups in total. The van der Waals surface area contributed by atoms with E-state index in [1.165, 1.54) is 54.1 Å². The minimum Gasteiger partial charge on any atom is -0.305 e. The van der Waals surface area contributed by atoms with Crippen LogP contribution in [0.1, 0.15) is 74.0 Å². The highest BCUT2D eigenvalue weighted by Gasteiger charge is 2.27. The van der Waals surface area contributed by atoms with E-state index in [2.05, 4.69) is 33.0 Å². The third-order valence-corrected chi connectivity index (χ3v) is 5.35. The van der Waals surface area contributed by atoms with Crippen LogP contribution in [0.15, 0.2) is 0 Å². The standard InChI is InChI=1S/C16H28N2S/c1-11(2)17-15(14-9-7-5-6-8-10-14)16-18-12(3)13(4)19-16/h11,14-15,17H,5-10H2,1-4H3. The molecule has 0 spiro atoms. The summed E-state index contributed by atoms with van der Waals surface area (Å²) in [5.41, 5.74) is 1.21. The van der Waals surface area contributed by atoms with Gasteiger partial charge in [0.2, 0.25) is 0 Å². The fraction of sp³-hybridized carbons (Fsp3) is 0.812. The largest absolute Gasteiger partial charge is 0.305 e. The number of thiazole rings is 1. The van der Waals surface area contributed by atoms with E-state index >= 15 is 0 Å². The molecule has 108 valence electrons. The van der Waals surface area contributed by atoms with E-state index in [1.807, 2.05) is 11.3 Å². The van der Waals surface area contributed by atoms with Crippen molar-refractivity contribution in [3.63, 3.8) is 0 Å². The maximum absolute atomic E-state index is 4.83. The second-order valence-electron chi connectivity index (χ2n) is 6.24. The van der Waals surface area contributed by atoms with Crippen LogP contribution in [0.3, 0.4) is 0 Å². The van der Waals surface area contributed by atoms with Crippen molar-refractivity contribution in [2.45, 2.75) is 78.3 Å². The molecular weight excluding hydrogens is 252 g/mol. The number of nitrogens with one attached hydrogen (secondary N) is 1. The van der Waals surface area contributed by atoms with Gasteiger partial charge in [-0.25, -0.2) is 4.98 Å². The number of rotatable bonds is 4. The molecule has 0 amide bonds. The molecule has 19 heavy (non-hydrogen) atoms. The lowest BCUT2D eigenvalue weighted by atomic mass is 9.91. The molecule has 0 bridgehead atoms. The van der Waals surface area contributed by atoms with Crippen molar-refractivity contribution in [1.29, 1.82) is 0 Å². The van der Waals surface area contributed by atoms with Gasteiger partial charge in [0.25, 0.3) is 0 Å². The van der Waals surface area contributed by atoms with E-state index < -0.39 is 0 Å². The molecule has 1 fully saturated rings. The zero-order chi connectivity index (χ0) is 13.8. The van der Waals surface area contributed by atoms with Gasteiger partial charge in [0.05, 0.1) is 11.7 Å². The van der Waals surface area contributed by atoms with Crippen LogP contribution in [0.2, 0.25) is 0 Å². The molecule has 1 heterocycles. The molecule has 0 aromatic carbocycles. The maximum atomic E-state index is 4.83. The zero-order valence-electron chi connectivity index (χ0n) is 12.8. The van der Waals surface area contributed by atoms with Crippen LogP contribution in [0.4, 0.5) is 0 Å². The monoisotopic (exact) mass is 280 g/mol. The van der Waals surface area contributed by atoms with Crippen molar-refractivity contribution in [2.24, 2.45) is 5.92 Å². The first-order valence-corrected chi connectivity index (χ1v) is 8.59. The van der Waals surface area contributed by atoms with Gasteiger partial charge in [-0.15, -0.1) is 11.3 Å². The predicted octanol–water partition coefficient (Wildman–Crippen LogP) is 4.77. The molecule has 1 aromatic rings. The van der Waals surface area contributed by atoms with Gasteiger partial charge in [-0.2, -0.15) is 0 Å². The van der Waals surface area contributed by atoms with Crippen LogP contribution in [-0.2, 0) is 0 Å². The topological polar surface area (TPSA) is 24.9 Å². The number of hydrogen-bond donors (Lipinski definition) is 1. The molecule has 1 atom stereocenters. The van der Waals surface area contributed by atoms with E-state index in [0.29, 0.717) is 12.1 Å². The van der Waals surface area contributed by atoms with Gasteiger partial charge in [0.1, 0.15) is 5.01 Å². The Morgan fingerprint density at radius 3 is 2.21 bits per heavy atom. The van der Waals surface area contributed by atoms with E-state index in [-0.39, 0.29) is 0 Å². The van der Waals surface area contributed by atoms with Gasteiger partial charge in [0, 0.05) is 10.9 Å². The Kier molecular flexibility index (Phi) is 5.40. The molecule has 1 aromatic heterocycles. The van der Waals surface area contributed by atoms with Gasteiger partial charge in [-0.3, -0.25) is 0 Å². The van der Waals surface area contributed by atoms with Crippen molar-refractivity contribution in [3.8, 4) is 0 Å². The van der Waals surface area contributed by atoms with Gasteiger partial charge >= 0.3 is 0 Å². The molecule has 3 heteroatoms. The molecule has 0 radical (unpaired) electrons. The summed E-state index contributed by atoms with van der Waals surface area (Å²) in [5, 5.41) is 5.10. The smallest absolute Gasteiger partial charge is 0.110 e. The Hall–Kier alpha value is -0.410. The van der Waals surface area contributed by atoms with Crippen LogP contribution < -0.4 is 5.32 Å². The predicted molar refractivity (Wildman–Crippen MR) is 83.8 cm³/mol. The molecule has 0 saturated heterocycles. The van der Waals surface area contributed by atoms with Crippen LogP contribution >= 0.6 is 11.3 Å². The summed E-state index contributed by atoms with van der Waals surface area (Å²) < 4.78 is 0. The second-order valence-corrected chi connectivity index (χ2v) is 7.48. The lowest BCUT2D eigenvalue weighted by Gasteiger charge is -2.27. The average molecular weight is 280 g/mol. The van der Waals surface area contributed by atoms with Gasteiger partial charge in [-0.05, 0) is 32.6 Å². The first-order valence-electron chi connectivity index (χ1n) is 7.78. The summed E-state index contributed by atoms with van der Waals surface area (Å²) in [7, 11) is 0. The number of aryl methyl sites for hydroxylation is 2. The normalized spacial score (nSPS) is 19.6. The van der Waals surface area contributed by atoms with E-state index in [0.717, 1.165) is 5.92 Å². The minimum absolute atomic E-state index is 0.468. The summed E-state index contributed by atoms with van der Waals surface area (Å²) in [6, 6.07) is 0.994. The van der Waals surface area contributed by atoms with E-state index in [4.69, 9.17) is 4.98 Å². The summed E-state index contributed by atoms with van der Waals surface area (Å²) in [4.78, 5) is 6.20. The first kappa shape index (κ1) is 15.0. The Balaban J connectivity index is 2.18. The van der Waals surface area contributed by atoms with Crippen molar-refractivity contribution in [3.05, 3.63) is 15.6 Å². The second kappa shape index (κ2) is 6.85. The zero-order valence-corrected chi connectivity index (χ0v) is 13.6. The lowest BCUT2D eigenvalue weighted by Crippen LogP contribution is -2.33. The number of hydrogen-bond acceptors (Lipinski definition) is 3. The highest BCUT2D eigenvalue weighted by atomic mass is 32.1. The molecular formula is C16H28N2S. The van der Waals surface area contributed by atoms with Crippen molar-refractivity contribution in [1.82, 2.24) is 10.3 Å². The average Bonchev–Trinajstić information content (AvgIpc) is 2.59. The Labute approximate surface area is 122 Å². The van der Waals surface area contributed by atoms with Crippen molar-refractivity contribution < 1.29 is 0 Å². The van der Waals surface area contributed by atoms with Crippen LogP contribution in [0.25, 0.3) is 0 Å². The van der Waals surface area contributed by atoms with E-state index in [1.54, 1.807) is 0 Å². The Morgan fingerprint density at radius 2 is 1.74 bits per heavy atom. The third-order valence-electron chi connectivity index (χ3n) is 4.20.